The molecule has 1 aromatic carbocycles. The Balaban J connectivity index is 2.17. The Bertz CT molecular complexity index is 581. The molecule has 3 nitrogen and oxygen atoms in total. The molecule has 6 heteroatoms. The average Bonchev–Trinajstić information content (AvgIpc) is 2.89. The first kappa shape index (κ1) is 16.5. The lowest BCUT2D eigenvalue weighted by Crippen LogP contribution is -2.35. The smallest absolute Gasteiger partial charge is 0.211 e. The number of halogens is 2. The molecule has 1 aromatic rings. The minimum absolute atomic E-state index is 0.144. The van der Waals surface area contributed by atoms with Gasteiger partial charge in [0, 0.05) is 15.5 Å². The van der Waals surface area contributed by atoms with Crippen molar-refractivity contribution in [1.82, 2.24) is 4.72 Å². The van der Waals surface area contributed by atoms with Gasteiger partial charge in [-0.3, -0.25) is 0 Å². The molecule has 0 spiro atoms. The molecular weight excluding hydrogens is 406 g/mol. The zero-order valence-electron chi connectivity index (χ0n) is 11.5. The van der Waals surface area contributed by atoms with Gasteiger partial charge in [0.25, 0.3) is 0 Å². The highest BCUT2D eigenvalue weighted by Gasteiger charge is 2.33. The predicted molar refractivity (Wildman–Crippen MR) is 88.2 cm³/mol. The quantitative estimate of drug-likeness (QED) is 0.758. The van der Waals surface area contributed by atoms with Gasteiger partial charge in [-0.25, -0.2) is 13.1 Å². The van der Waals surface area contributed by atoms with Crippen molar-refractivity contribution in [2.45, 2.75) is 43.9 Å². The lowest BCUT2D eigenvalue weighted by molar-refractivity contribution is 0.285. The summed E-state index contributed by atoms with van der Waals surface area (Å²) in [7, 11) is -3.48. The van der Waals surface area contributed by atoms with Crippen LogP contribution in [0.4, 0.5) is 0 Å². The Hall–Kier alpha value is 0.0900. The molecule has 0 radical (unpaired) electrons. The van der Waals surface area contributed by atoms with Gasteiger partial charge in [-0.2, -0.15) is 0 Å². The molecule has 0 amide bonds. The Kier molecular flexibility index (Phi) is 5.32. The normalized spacial score (nSPS) is 18.4. The largest absolute Gasteiger partial charge is 0.241 e. The van der Waals surface area contributed by atoms with Crippen molar-refractivity contribution in [3.05, 3.63) is 27.1 Å². The maximum atomic E-state index is 12.5. The van der Waals surface area contributed by atoms with Crippen LogP contribution in [0.3, 0.4) is 0 Å². The maximum Gasteiger partial charge on any atom is 0.241 e. The first-order valence-electron chi connectivity index (χ1n) is 6.83. The van der Waals surface area contributed by atoms with Crippen molar-refractivity contribution >= 4 is 41.9 Å². The van der Waals surface area contributed by atoms with E-state index in [-0.39, 0.29) is 10.3 Å². The molecule has 1 aliphatic carbocycles. The van der Waals surface area contributed by atoms with Crippen LogP contribution < -0.4 is 4.72 Å². The number of rotatable bonds is 5. The summed E-state index contributed by atoms with van der Waals surface area (Å²) in [5.41, 5.74) is 0.144. The fourth-order valence-electron chi connectivity index (χ4n) is 2.79. The van der Waals surface area contributed by atoms with E-state index in [0.717, 1.165) is 23.7 Å². The van der Waals surface area contributed by atoms with E-state index in [1.54, 1.807) is 12.1 Å². The molecule has 2 rings (SSSR count). The fourth-order valence-corrected chi connectivity index (χ4v) is 5.45. The average molecular weight is 425 g/mol. The lowest BCUT2D eigenvalue weighted by atomic mass is 9.84. The van der Waals surface area contributed by atoms with Crippen LogP contribution in [0.2, 0.25) is 0 Å². The lowest BCUT2D eigenvalue weighted by Gasteiger charge is -2.27. The zero-order valence-corrected chi connectivity index (χ0v) is 15.4. The molecule has 0 atom stereocenters. The molecule has 0 aromatic heterocycles. The molecule has 112 valence electrons. The summed E-state index contributed by atoms with van der Waals surface area (Å²) >= 11 is 6.63. The number of benzene rings is 1. The first-order chi connectivity index (χ1) is 9.38. The van der Waals surface area contributed by atoms with Crippen LogP contribution in [0.25, 0.3) is 0 Å². The number of nitrogens with one attached hydrogen (secondary N) is 1. The molecule has 20 heavy (non-hydrogen) atoms. The number of hydrogen-bond acceptors (Lipinski definition) is 2. The number of sulfonamides is 1. The summed E-state index contributed by atoms with van der Waals surface area (Å²) in [6, 6.07) is 5.18. The van der Waals surface area contributed by atoms with Gasteiger partial charge in [0.05, 0.1) is 4.90 Å². The summed E-state index contributed by atoms with van der Waals surface area (Å²) in [6.45, 7) is 2.68. The summed E-state index contributed by atoms with van der Waals surface area (Å²) in [6.07, 6.45) is 5.67. The molecule has 1 fully saturated rings. The van der Waals surface area contributed by atoms with Gasteiger partial charge in [0.15, 0.2) is 0 Å². The van der Waals surface area contributed by atoms with Crippen molar-refractivity contribution < 1.29 is 8.42 Å². The second kappa shape index (κ2) is 6.46. The highest BCUT2D eigenvalue weighted by Crippen LogP contribution is 2.40. The van der Waals surface area contributed by atoms with Crippen molar-refractivity contribution in [2.75, 3.05) is 6.54 Å². The topological polar surface area (TPSA) is 46.2 Å². The molecule has 1 aliphatic rings. The molecule has 0 bridgehead atoms. The molecule has 0 saturated heterocycles. The SMILES string of the molecule is CCC1(CNS(=O)(=O)c2cc(Br)ccc2Br)CCCC1. The van der Waals surface area contributed by atoms with Gasteiger partial charge in [-0.15, -0.1) is 0 Å². The van der Waals surface area contributed by atoms with Crippen molar-refractivity contribution in [2.24, 2.45) is 5.41 Å². The Morgan fingerprint density at radius 3 is 2.50 bits per heavy atom. The van der Waals surface area contributed by atoms with Gasteiger partial charge >= 0.3 is 0 Å². The van der Waals surface area contributed by atoms with E-state index in [9.17, 15) is 8.42 Å². The van der Waals surface area contributed by atoms with Crippen LogP contribution >= 0.6 is 31.9 Å². The predicted octanol–water partition coefficient (Wildman–Crippen LogP) is 4.46. The van der Waals surface area contributed by atoms with E-state index in [2.05, 4.69) is 43.5 Å². The van der Waals surface area contributed by atoms with Gasteiger partial charge in [0.1, 0.15) is 0 Å². The van der Waals surface area contributed by atoms with Crippen LogP contribution in [0.5, 0.6) is 0 Å². The highest BCUT2D eigenvalue weighted by molar-refractivity contribution is 9.11. The van der Waals surface area contributed by atoms with Crippen molar-refractivity contribution in [1.29, 1.82) is 0 Å². The molecule has 1 N–H and O–H groups in total. The van der Waals surface area contributed by atoms with Crippen LogP contribution in [-0.4, -0.2) is 15.0 Å². The van der Waals surface area contributed by atoms with Gasteiger partial charge in [-0.05, 0) is 58.8 Å². The Morgan fingerprint density at radius 1 is 1.25 bits per heavy atom. The second-order valence-corrected chi connectivity index (χ2v) is 8.97. The van der Waals surface area contributed by atoms with Crippen LogP contribution in [0.15, 0.2) is 32.0 Å². The van der Waals surface area contributed by atoms with E-state index in [1.807, 2.05) is 6.07 Å². The third-order valence-corrected chi connectivity index (χ3v) is 7.12. The third-order valence-electron chi connectivity index (χ3n) is 4.23. The van der Waals surface area contributed by atoms with Crippen LogP contribution in [0, 0.1) is 5.41 Å². The van der Waals surface area contributed by atoms with Crippen molar-refractivity contribution in [3.8, 4) is 0 Å². The minimum Gasteiger partial charge on any atom is -0.211 e. The van der Waals surface area contributed by atoms with Crippen LogP contribution in [0.1, 0.15) is 39.0 Å². The van der Waals surface area contributed by atoms with Crippen LogP contribution in [-0.2, 0) is 10.0 Å². The molecular formula is C14H19Br2NO2S. The first-order valence-corrected chi connectivity index (χ1v) is 9.90. The van der Waals surface area contributed by atoms with Gasteiger partial charge in [-0.1, -0.05) is 35.7 Å². The highest BCUT2D eigenvalue weighted by atomic mass is 79.9. The van der Waals surface area contributed by atoms with E-state index in [4.69, 9.17) is 0 Å². The third kappa shape index (κ3) is 3.64. The molecule has 1 saturated carbocycles. The zero-order chi connectivity index (χ0) is 14.8. The maximum absolute atomic E-state index is 12.5. The Morgan fingerprint density at radius 2 is 1.90 bits per heavy atom. The molecule has 0 unspecified atom stereocenters. The summed E-state index contributed by atoms with van der Waals surface area (Å²) < 4.78 is 29.1. The standard InChI is InChI=1S/C14H19Br2NO2S/c1-2-14(7-3-4-8-14)10-17-20(18,19)13-9-11(15)5-6-12(13)16/h5-6,9,17H,2-4,7-8,10H2,1H3. The number of hydrogen-bond donors (Lipinski definition) is 1. The minimum atomic E-state index is -3.48. The summed E-state index contributed by atoms with van der Waals surface area (Å²) in [4.78, 5) is 0.288. The summed E-state index contributed by atoms with van der Waals surface area (Å²) in [5.74, 6) is 0. The van der Waals surface area contributed by atoms with Crippen molar-refractivity contribution in [3.63, 3.8) is 0 Å². The van der Waals surface area contributed by atoms with E-state index in [1.165, 1.54) is 12.8 Å². The fraction of sp³-hybridized carbons (Fsp3) is 0.571. The summed E-state index contributed by atoms with van der Waals surface area (Å²) in [5, 5.41) is 0. The van der Waals surface area contributed by atoms with Gasteiger partial charge < -0.3 is 0 Å². The second-order valence-electron chi connectivity index (χ2n) is 5.46. The van der Waals surface area contributed by atoms with E-state index < -0.39 is 10.0 Å². The van der Waals surface area contributed by atoms with E-state index >= 15 is 0 Å². The molecule has 0 aliphatic heterocycles. The molecule has 0 heterocycles. The monoisotopic (exact) mass is 423 g/mol. The van der Waals surface area contributed by atoms with Gasteiger partial charge in [0.2, 0.25) is 10.0 Å². The Labute approximate surface area is 137 Å². The van der Waals surface area contributed by atoms with E-state index in [0.29, 0.717) is 11.0 Å².